The van der Waals surface area contributed by atoms with Crippen LogP contribution in [0.2, 0.25) is 0 Å². The zero-order valence-corrected chi connectivity index (χ0v) is 24.3. The van der Waals surface area contributed by atoms with Gasteiger partial charge in [-0.3, -0.25) is 0 Å². The molecule has 1 heterocycles. The van der Waals surface area contributed by atoms with Crippen molar-refractivity contribution >= 4 is 39.3 Å². The molecule has 0 bridgehead atoms. The monoisotopic (exact) mass is 558 g/mol. The van der Waals surface area contributed by atoms with Crippen molar-refractivity contribution in [3.05, 3.63) is 113 Å². The minimum absolute atomic E-state index is 0.0818. The van der Waals surface area contributed by atoms with Gasteiger partial charge in [0.25, 0.3) is 0 Å². The topological polar surface area (TPSA) is 80.4 Å². The van der Waals surface area contributed by atoms with E-state index in [0.717, 1.165) is 56.8 Å². The summed E-state index contributed by atoms with van der Waals surface area (Å²) in [6, 6.07) is 27.5. The summed E-state index contributed by atoms with van der Waals surface area (Å²) >= 11 is 0. The molecule has 1 aliphatic carbocycles. The lowest BCUT2D eigenvalue weighted by Gasteiger charge is -2.21. The molecule has 0 unspecified atom stereocenters. The van der Waals surface area contributed by atoms with Crippen molar-refractivity contribution in [3.63, 3.8) is 0 Å². The molecule has 0 aliphatic heterocycles. The van der Waals surface area contributed by atoms with Crippen LogP contribution in [0.3, 0.4) is 0 Å². The van der Waals surface area contributed by atoms with Crippen LogP contribution in [-0.4, -0.2) is 29.8 Å². The van der Waals surface area contributed by atoms with Crippen LogP contribution in [0.25, 0.3) is 38.4 Å². The van der Waals surface area contributed by atoms with E-state index >= 15 is 0 Å². The third kappa shape index (κ3) is 5.16. The number of nitrogens with one attached hydrogen (secondary N) is 2. The largest absolute Gasteiger partial charge is 0.465 e. The van der Waals surface area contributed by atoms with Gasteiger partial charge in [-0.1, -0.05) is 72.8 Å². The van der Waals surface area contributed by atoms with E-state index in [-0.39, 0.29) is 6.54 Å². The number of aromatic amines is 1. The summed E-state index contributed by atoms with van der Waals surface area (Å²) in [6.07, 6.45) is 3.66. The first-order chi connectivity index (χ1) is 20.2. The number of methoxy groups -OCH3 is 1. The molecule has 0 fully saturated rings. The first-order valence-electron chi connectivity index (χ1n) is 14.2. The molecule has 212 valence electrons. The Labute approximate surface area is 245 Å². The number of hydrogen-bond acceptors (Lipinski definition) is 4. The summed E-state index contributed by atoms with van der Waals surface area (Å²) in [5.74, 6) is -0.468. The van der Waals surface area contributed by atoms with Gasteiger partial charge in [-0.25, -0.2) is 9.59 Å². The molecule has 6 rings (SSSR count). The zero-order chi connectivity index (χ0) is 29.4. The molecule has 2 N–H and O–H groups in total. The number of hydrogen-bond donors (Lipinski definition) is 2. The average molecular weight is 559 g/mol. The van der Waals surface area contributed by atoms with E-state index in [0.29, 0.717) is 11.3 Å². The van der Waals surface area contributed by atoms with E-state index in [1.54, 1.807) is 0 Å². The molecule has 0 atom stereocenters. The van der Waals surface area contributed by atoms with Gasteiger partial charge < -0.3 is 19.8 Å². The number of aryl methyl sites for hydroxylation is 1. The van der Waals surface area contributed by atoms with Crippen LogP contribution in [0.1, 0.15) is 59.9 Å². The quantitative estimate of drug-likeness (QED) is 0.213. The van der Waals surface area contributed by atoms with Crippen LogP contribution < -0.4 is 5.32 Å². The Morgan fingerprint density at radius 2 is 1.60 bits per heavy atom. The molecule has 1 aromatic heterocycles. The van der Waals surface area contributed by atoms with E-state index in [1.165, 1.54) is 18.2 Å². The number of carbonyl (C=O) groups excluding carboxylic acids is 2. The number of carbonyl (C=O) groups is 2. The fourth-order valence-electron chi connectivity index (χ4n) is 5.88. The Kier molecular flexibility index (Phi) is 7.07. The molecule has 1 amide bonds. The van der Waals surface area contributed by atoms with Crippen LogP contribution in [0.4, 0.5) is 4.79 Å². The van der Waals surface area contributed by atoms with Gasteiger partial charge >= 0.3 is 12.1 Å². The normalized spacial score (nSPS) is 13.0. The maximum absolute atomic E-state index is 13.2. The molecule has 5 aromatic rings. The minimum Gasteiger partial charge on any atom is -0.465 e. The summed E-state index contributed by atoms with van der Waals surface area (Å²) in [7, 11) is 1.37. The summed E-state index contributed by atoms with van der Waals surface area (Å²) < 4.78 is 10.6. The van der Waals surface area contributed by atoms with E-state index in [2.05, 4.69) is 89.2 Å². The Hall–Kier alpha value is -4.84. The highest BCUT2D eigenvalue weighted by molar-refractivity contribution is 6.10. The lowest BCUT2D eigenvalue weighted by molar-refractivity contribution is 0.0517. The first kappa shape index (κ1) is 27.3. The van der Waals surface area contributed by atoms with Gasteiger partial charge in [0.1, 0.15) is 5.60 Å². The molecule has 4 aromatic carbocycles. The summed E-state index contributed by atoms with van der Waals surface area (Å²) in [6.45, 7) is 5.51. The maximum Gasteiger partial charge on any atom is 0.407 e. The second-order valence-electron chi connectivity index (χ2n) is 11.6. The number of amides is 1. The van der Waals surface area contributed by atoms with Crippen LogP contribution in [0, 0.1) is 0 Å². The van der Waals surface area contributed by atoms with Crippen molar-refractivity contribution in [1.82, 2.24) is 10.3 Å². The lowest BCUT2D eigenvalue weighted by Crippen LogP contribution is -2.32. The fraction of sp³-hybridized carbons (Fsp3) is 0.222. The van der Waals surface area contributed by atoms with Crippen molar-refractivity contribution in [2.75, 3.05) is 7.11 Å². The third-order valence-electron chi connectivity index (χ3n) is 7.65. The molecule has 42 heavy (non-hydrogen) atoms. The highest BCUT2D eigenvalue weighted by atomic mass is 16.6. The number of allylic oxidation sites excluding steroid dienone is 1. The number of esters is 1. The zero-order valence-electron chi connectivity index (χ0n) is 24.3. The SMILES string of the molecule is COC(=O)c1c(CNC(=O)OC(C)(C)C)[nH]c2cc(-c3cccc4ccccc34)c(C3=CCCc4ccccc43)cc12. The number of fused-ring (bicyclic) bond motifs is 3. The number of alkyl carbamates (subject to hydrolysis) is 1. The summed E-state index contributed by atoms with van der Waals surface area (Å²) in [5.41, 5.74) is 7.97. The van der Waals surface area contributed by atoms with E-state index in [9.17, 15) is 9.59 Å². The molecule has 0 saturated heterocycles. The third-order valence-corrected chi connectivity index (χ3v) is 7.65. The number of ether oxygens (including phenoxy) is 2. The maximum atomic E-state index is 13.2. The van der Waals surface area contributed by atoms with Gasteiger partial charge in [0.15, 0.2) is 0 Å². The van der Waals surface area contributed by atoms with Gasteiger partial charge in [-0.05, 0) is 89.9 Å². The van der Waals surface area contributed by atoms with Crippen molar-refractivity contribution < 1.29 is 19.1 Å². The van der Waals surface area contributed by atoms with Gasteiger partial charge in [0.2, 0.25) is 0 Å². The van der Waals surface area contributed by atoms with Crippen LogP contribution in [0.5, 0.6) is 0 Å². The van der Waals surface area contributed by atoms with E-state index < -0.39 is 17.7 Å². The van der Waals surface area contributed by atoms with E-state index in [4.69, 9.17) is 9.47 Å². The van der Waals surface area contributed by atoms with Crippen molar-refractivity contribution in [2.24, 2.45) is 0 Å². The lowest BCUT2D eigenvalue weighted by atomic mass is 9.82. The molecular formula is C36H34N2O4. The Bertz CT molecular complexity index is 1870. The molecule has 0 spiro atoms. The smallest absolute Gasteiger partial charge is 0.407 e. The molecular weight excluding hydrogens is 524 g/mol. The highest BCUT2D eigenvalue weighted by Gasteiger charge is 2.25. The van der Waals surface area contributed by atoms with Crippen LogP contribution in [-0.2, 0) is 22.4 Å². The molecule has 0 radical (unpaired) electrons. The predicted molar refractivity (Wildman–Crippen MR) is 167 cm³/mol. The van der Waals surface area contributed by atoms with Crippen molar-refractivity contribution in [2.45, 2.75) is 45.8 Å². The number of H-pyrrole nitrogens is 1. The number of rotatable bonds is 5. The number of aromatic nitrogens is 1. The number of benzene rings is 4. The standard InChI is InChI=1S/C36H34N2O4/c1-36(2,3)42-35(40)37-21-32-33(34(39)41-4)30-19-28(26-17-9-13-22-11-5-7-15-24(22)26)29(20-31(30)38-32)27-18-10-14-23-12-6-8-16-25(23)27/h5-8,10-12,14-20,38H,9,13,21H2,1-4H3,(H,37,40). The Morgan fingerprint density at radius 1 is 0.857 bits per heavy atom. The van der Waals surface area contributed by atoms with Crippen LogP contribution in [0.15, 0.2) is 84.9 Å². The molecule has 6 nitrogen and oxygen atoms in total. The Balaban J connectivity index is 1.58. The first-order valence-corrected chi connectivity index (χ1v) is 14.2. The van der Waals surface area contributed by atoms with Crippen LogP contribution >= 0.6 is 0 Å². The summed E-state index contributed by atoms with van der Waals surface area (Å²) in [5, 5.41) is 5.83. The predicted octanol–water partition coefficient (Wildman–Crippen LogP) is 8.18. The minimum atomic E-state index is -0.637. The van der Waals surface area contributed by atoms with Gasteiger partial charge in [0.05, 0.1) is 24.9 Å². The summed E-state index contributed by atoms with van der Waals surface area (Å²) in [4.78, 5) is 29.1. The van der Waals surface area contributed by atoms with Gasteiger partial charge in [-0.2, -0.15) is 0 Å². The van der Waals surface area contributed by atoms with E-state index in [1.807, 2.05) is 26.8 Å². The molecule has 1 aliphatic rings. The molecule has 6 heteroatoms. The fourth-order valence-corrected chi connectivity index (χ4v) is 5.88. The second-order valence-corrected chi connectivity index (χ2v) is 11.6. The van der Waals surface area contributed by atoms with Gasteiger partial charge in [0, 0.05) is 10.9 Å². The van der Waals surface area contributed by atoms with Crippen molar-refractivity contribution in [3.8, 4) is 11.1 Å². The highest BCUT2D eigenvalue weighted by Crippen LogP contribution is 2.42. The second kappa shape index (κ2) is 10.9. The van der Waals surface area contributed by atoms with Gasteiger partial charge in [-0.15, -0.1) is 0 Å². The average Bonchev–Trinajstić information content (AvgIpc) is 3.35. The molecule has 0 saturated carbocycles. The van der Waals surface area contributed by atoms with Crippen molar-refractivity contribution in [1.29, 1.82) is 0 Å². The Morgan fingerprint density at radius 3 is 2.40 bits per heavy atom.